The number of nitro benzene ring substituents is 1. The number of hydrogen-bond acceptors (Lipinski definition) is 6. The Balaban J connectivity index is 1.48. The summed E-state index contributed by atoms with van der Waals surface area (Å²) in [5.41, 5.74) is 3.01. The van der Waals surface area contributed by atoms with Crippen LogP contribution in [-0.2, 0) is 17.8 Å². The SMILES string of the molecule is CCOc1ccc(NC(=O)CSc2nc3ccccc3n2CCc2ccccc2)c([N+](=O)[O-])c1. The first-order valence-electron chi connectivity index (χ1n) is 10.9. The fourth-order valence-electron chi connectivity index (χ4n) is 3.61. The molecule has 34 heavy (non-hydrogen) atoms. The normalized spacial score (nSPS) is 10.9. The molecule has 0 saturated heterocycles. The zero-order valence-corrected chi connectivity index (χ0v) is 19.5. The maximum atomic E-state index is 12.7. The Morgan fingerprint density at radius 1 is 1.12 bits per heavy atom. The third-order valence-electron chi connectivity index (χ3n) is 5.17. The van der Waals surface area contributed by atoms with Crippen LogP contribution in [0, 0.1) is 10.1 Å². The van der Waals surface area contributed by atoms with Crippen LogP contribution in [0.1, 0.15) is 12.5 Å². The van der Waals surface area contributed by atoms with Crippen LogP contribution >= 0.6 is 11.8 Å². The van der Waals surface area contributed by atoms with Crippen LogP contribution in [0.25, 0.3) is 11.0 Å². The van der Waals surface area contributed by atoms with E-state index in [4.69, 9.17) is 9.72 Å². The third-order valence-corrected chi connectivity index (χ3v) is 6.15. The highest BCUT2D eigenvalue weighted by Gasteiger charge is 2.19. The number of nitrogens with one attached hydrogen (secondary N) is 1. The van der Waals surface area contributed by atoms with Crippen molar-refractivity contribution in [3.05, 3.63) is 88.5 Å². The molecular formula is C25H24N4O4S. The van der Waals surface area contributed by atoms with Crippen molar-refractivity contribution in [3.63, 3.8) is 0 Å². The summed E-state index contributed by atoms with van der Waals surface area (Å²) >= 11 is 1.31. The molecule has 0 saturated carbocycles. The van der Waals surface area contributed by atoms with Gasteiger partial charge in [-0.3, -0.25) is 14.9 Å². The van der Waals surface area contributed by atoms with Gasteiger partial charge in [0.25, 0.3) is 5.69 Å². The minimum Gasteiger partial charge on any atom is -0.494 e. The summed E-state index contributed by atoms with van der Waals surface area (Å²) in [5.74, 6) is 0.103. The van der Waals surface area contributed by atoms with Crippen LogP contribution in [-0.4, -0.2) is 32.7 Å². The average molecular weight is 477 g/mol. The molecule has 0 unspecified atom stereocenters. The van der Waals surface area contributed by atoms with Crippen molar-refractivity contribution in [2.45, 2.75) is 25.0 Å². The van der Waals surface area contributed by atoms with Crippen LogP contribution < -0.4 is 10.1 Å². The van der Waals surface area contributed by atoms with Crippen molar-refractivity contribution in [2.24, 2.45) is 0 Å². The van der Waals surface area contributed by atoms with Gasteiger partial charge in [-0.2, -0.15) is 0 Å². The predicted molar refractivity (Wildman–Crippen MR) is 133 cm³/mol. The topological polar surface area (TPSA) is 99.3 Å². The van der Waals surface area contributed by atoms with E-state index in [1.54, 1.807) is 13.0 Å². The van der Waals surface area contributed by atoms with Gasteiger partial charge in [-0.05, 0) is 43.2 Å². The molecule has 4 aromatic rings. The minimum absolute atomic E-state index is 0.0685. The number of ether oxygens (including phenoxy) is 1. The van der Waals surface area contributed by atoms with Gasteiger partial charge in [-0.1, -0.05) is 54.2 Å². The monoisotopic (exact) mass is 476 g/mol. The number of aryl methyl sites for hydroxylation is 2. The number of rotatable bonds is 10. The second-order valence-electron chi connectivity index (χ2n) is 7.48. The second kappa shape index (κ2) is 10.8. The lowest BCUT2D eigenvalue weighted by atomic mass is 10.1. The molecule has 3 aromatic carbocycles. The molecular weight excluding hydrogens is 452 g/mol. The van der Waals surface area contributed by atoms with E-state index in [9.17, 15) is 14.9 Å². The molecule has 9 heteroatoms. The Morgan fingerprint density at radius 3 is 2.65 bits per heavy atom. The number of nitro groups is 1. The fourth-order valence-corrected chi connectivity index (χ4v) is 4.45. The van der Waals surface area contributed by atoms with Gasteiger partial charge < -0.3 is 14.6 Å². The van der Waals surface area contributed by atoms with Crippen LogP contribution in [0.2, 0.25) is 0 Å². The molecule has 1 heterocycles. The van der Waals surface area contributed by atoms with Gasteiger partial charge in [-0.25, -0.2) is 4.98 Å². The van der Waals surface area contributed by atoms with E-state index in [0.29, 0.717) is 12.4 Å². The number of anilines is 1. The van der Waals surface area contributed by atoms with Crippen molar-refractivity contribution < 1.29 is 14.5 Å². The second-order valence-corrected chi connectivity index (χ2v) is 8.42. The van der Waals surface area contributed by atoms with E-state index in [2.05, 4.69) is 22.0 Å². The average Bonchev–Trinajstić information content (AvgIpc) is 3.20. The summed E-state index contributed by atoms with van der Waals surface area (Å²) in [6, 6.07) is 22.5. The lowest BCUT2D eigenvalue weighted by Crippen LogP contribution is -2.16. The molecule has 1 amide bonds. The summed E-state index contributed by atoms with van der Waals surface area (Å²) in [4.78, 5) is 28.3. The number of para-hydroxylation sites is 2. The summed E-state index contributed by atoms with van der Waals surface area (Å²) in [6.07, 6.45) is 0.833. The van der Waals surface area contributed by atoms with Crippen molar-refractivity contribution in [1.82, 2.24) is 9.55 Å². The first-order valence-corrected chi connectivity index (χ1v) is 11.9. The van der Waals surface area contributed by atoms with E-state index in [1.807, 2.05) is 42.5 Å². The molecule has 4 rings (SSSR count). The van der Waals surface area contributed by atoms with Gasteiger partial charge >= 0.3 is 0 Å². The minimum atomic E-state index is -0.533. The number of nitrogens with zero attached hydrogens (tertiary/aromatic N) is 3. The van der Waals surface area contributed by atoms with Gasteiger partial charge in [0, 0.05) is 6.54 Å². The van der Waals surface area contributed by atoms with Gasteiger partial charge in [0.2, 0.25) is 5.91 Å². The standard InChI is InChI=1S/C25H24N4O4S/c1-2-33-19-12-13-21(23(16-19)29(31)32)26-24(30)17-34-25-27-20-10-6-7-11-22(20)28(25)15-14-18-8-4-3-5-9-18/h3-13,16H,2,14-15,17H2,1H3,(H,26,30). The highest BCUT2D eigenvalue weighted by Crippen LogP contribution is 2.30. The van der Waals surface area contributed by atoms with E-state index < -0.39 is 4.92 Å². The highest BCUT2D eigenvalue weighted by molar-refractivity contribution is 7.99. The lowest BCUT2D eigenvalue weighted by Gasteiger charge is -2.10. The summed E-state index contributed by atoms with van der Waals surface area (Å²) < 4.78 is 7.44. The van der Waals surface area contributed by atoms with Crippen LogP contribution in [0.4, 0.5) is 11.4 Å². The lowest BCUT2D eigenvalue weighted by molar-refractivity contribution is -0.384. The van der Waals surface area contributed by atoms with Gasteiger partial charge in [0.15, 0.2) is 5.16 Å². The smallest absolute Gasteiger partial charge is 0.296 e. The van der Waals surface area contributed by atoms with Gasteiger partial charge in [0.1, 0.15) is 11.4 Å². The Morgan fingerprint density at radius 2 is 1.88 bits per heavy atom. The van der Waals surface area contributed by atoms with E-state index >= 15 is 0 Å². The van der Waals surface area contributed by atoms with Crippen LogP contribution in [0.3, 0.4) is 0 Å². The molecule has 8 nitrogen and oxygen atoms in total. The fraction of sp³-hybridized carbons (Fsp3) is 0.200. The largest absolute Gasteiger partial charge is 0.494 e. The number of carbonyl (C=O) groups excluding carboxylic acids is 1. The Hall–Kier alpha value is -3.85. The molecule has 0 atom stereocenters. The van der Waals surface area contributed by atoms with E-state index in [1.165, 1.54) is 29.5 Å². The first-order chi connectivity index (χ1) is 16.5. The number of imidazole rings is 1. The number of carbonyl (C=O) groups is 1. The molecule has 174 valence electrons. The van der Waals surface area contributed by atoms with Crippen molar-refractivity contribution >= 4 is 40.1 Å². The summed E-state index contributed by atoms with van der Waals surface area (Å²) in [5, 5.41) is 14.8. The molecule has 0 aliphatic carbocycles. The molecule has 0 aliphatic rings. The van der Waals surface area contributed by atoms with Crippen molar-refractivity contribution in [1.29, 1.82) is 0 Å². The van der Waals surface area contributed by atoms with E-state index in [-0.39, 0.29) is 23.0 Å². The van der Waals surface area contributed by atoms with E-state index in [0.717, 1.165) is 29.2 Å². The highest BCUT2D eigenvalue weighted by atomic mass is 32.2. The van der Waals surface area contributed by atoms with Crippen LogP contribution in [0.15, 0.2) is 78.0 Å². The number of thioether (sulfide) groups is 1. The maximum Gasteiger partial charge on any atom is 0.296 e. The molecule has 0 spiro atoms. The Labute approximate surface area is 201 Å². The summed E-state index contributed by atoms with van der Waals surface area (Å²) in [7, 11) is 0. The number of benzene rings is 3. The van der Waals surface area contributed by atoms with Gasteiger partial charge in [-0.15, -0.1) is 0 Å². The number of aromatic nitrogens is 2. The first kappa shape index (κ1) is 23.3. The van der Waals surface area contributed by atoms with Crippen LogP contribution in [0.5, 0.6) is 5.75 Å². The quantitative estimate of drug-likeness (QED) is 0.189. The maximum absolute atomic E-state index is 12.7. The molecule has 0 fully saturated rings. The van der Waals surface area contributed by atoms with Gasteiger partial charge in [0.05, 0.1) is 34.4 Å². The molecule has 0 bridgehead atoms. The molecule has 0 aliphatic heterocycles. The molecule has 1 aromatic heterocycles. The molecule has 1 N–H and O–H groups in total. The Bertz CT molecular complexity index is 1310. The number of fused-ring (bicyclic) bond motifs is 1. The predicted octanol–water partition coefficient (Wildman–Crippen LogP) is 5.32. The van der Waals surface area contributed by atoms with Crippen molar-refractivity contribution in [3.8, 4) is 5.75 Å². The molecule has 0 radical (unpaired) electrons. The zero-order chi connectivity index (χ0) is 23.9. The third kappa shape index (κ3) is 5.55. The Kier molecular flexibility index (Phi) is 7.44. The number of amides is 1. The number of hydrogen-bond donors (Lipinski definition) is 1. The van der Waals surface area contributed by atoms with Crippen molar-refractivity contribution in [2.75, 3.05) is 17.7 Å². The summed E-state index contributed by atoms with van der Waals surface area (Å²) in [6.45, 7) is 2.91. The zero-order valence-electron chi connectivity index (χ0n) is 18.6.